The zero-order valence-electron chi connectivity index (χ0n) is 11.7. The van der Waals surface area contributed by atoms with Gasteiger partial charge in [0.25, 0.3) is 0 Å². The molecule has 0 bridgehead atoms. The Hall–Kier alpha value is -1.59. The minimum Gasteiger partial charge on any atom is -0.438 e. The van der Waals surface area contributed by atoms with Crippen LogP contribution in [-0.2, 0) is 16.1 Å². The second-order valence-electron chi connectivity index (χ2n) is 5.29. The van der Waals surface area contributed by atoms with Gasteiger partial charge in [0, 0.05) is 12.8 Å². The summed E-state index contributed by atoms with van der Waals surface area (Å²) in [4.78, 5) is 4.39. The lowest BCUT2D eigenvalue weighted by Gasteiger charge is -2.27. The highest BCUT2D eigenvalue weighted by Gasteiger charge is 2.22. The van der Waals surface area contributed by atoms with Gasteiger partial charge in [-0.1, -0.05) is 0 Å². The number of hydrogen-bond acceptors (Lipinski definition) is 5. The normalized spacial score (nSPS) is 23.2. The zero-order chi connectivity index (χ0) is 13.9. The summed E-state index contributed by atoms with van der Waals surface area (Å²) in [5.41, 5.74) is 7.94. The van der Waals surface area contributed by atoms with Crippen molar-refractivity contribution in [3.05, 3.63) is 24.1 Å². The first-order chi connectivity index (χ1) is 9.74. The van der Waals surface area contributed by atoms with Crippen LogP contribution < -0.4 is 5.73 Å². The summed E-state index contributed by atoms with van der Waals surface area (Å²) in [6, 6.07) is 5.45. The Morgan fingerprint density at radius 3 is 3.05 bits per heavy atom. The molecule has 0 amide bonds. The molecule has 1 heterocycles. The van der Waals surface area contributed by atoms with Crippen molar-refractivity contribution < 1.29 is 13.9 Å². The first-order valence-electron chi connectivity index (χ1n) is 7.04. The van der Waals surface area contributed by atoms with Crippen LogP contribution in [0.4, 0.5) is 5.69 Å². The van der Waals surface area contributed by atoms with Crippen LogP contribution in [0.5, 0.6) is 0 Å². The van der Waals surface area contributed by atoms with E-state index in [1.165, 1.54) is 0 Å². The van der Waals surface area contributed by atoms with Crippen molar-refractivity contribution in [3.8, 4) is 0 Å². The molecule has 0 saturated heterocycles. The third-order valence-electron chi connectivity index (χ3n) is 3.81. The maximum Gasteiger partial charge on any atom is 0.221 e. The van der Waals surface area contributed by atoms with Gasteiger partial charge in [-0.3, -0.25) is 0 Å². The van der Waals surface area contributed by atoms with E-state index in [4.69, 9.17) is 19.6 Å². The molecule has 2 atom stereocenters. The maximum absolute atomic E-state index is 5.89. The summed E-state index contributed by atoms with van der Waals surface area (Å²) in [6.45, 7) is 0.398. The van der Waals surface area contributed by atoms with Crippen LogP contribution in [0.25, 0.3) is 11.1 Å². The molecule has 1 fully saturated rings. The number of methoxy groups -OCH3 is 1. The van der Waals surface area contributed by atoms with E-state index < -0.39 is 0 Å². The van der Waals surface area contributed by atoms with Crippen molar-refractivity contribution in [2.24, 2.45) is 0 Å². The number of nitrogen functional groups attached to an aromatic ring is 1. The number of hydrogen-bond donors (Lipinski definition) is 1. The predicted molar refractivity (Wildman–Crippen MR) is 76.3 cm³/mol. The molecule has 108 valence electrons. The van der Waals surface area contributed by atoms with Gasteiger partial charge in [0.1, 0.15) is 12.1 Å². The second-order valence-corrected chi connectivity index (χ2v) is 5.29. The molecular weight excluding hydrogens is 256 g/mol. The van der Waals surface area contributed by atoms with Crippen molar-refractivity contribution in [2.45, 2.75) is 44.5 Å². The van der Waals surface area contributed by atoms with Gasteiger partial charge in [0.15, 0.2) is 5.58 Å². The molecule has 1 saturated carbocycles. The Balaban J connectivity index is 1.62. The fraction of sp³-hybridized carbons (Fsp3) is 0.533. The van der Waals surface area contributed by atoms with Crippen molar-refractivity contribution in [3.63, 3.8) is 0 Å². The first-order valence-corrected chi connectivity index (χ1v) is 7.04. The van der Waals surface area contributed by atoms with Crippen molar-refractivity contribution >= 4 is 16.8 Å². The van der Waals surface area contributed by atoms with Gasteiger partial charge < -0.3 is 19.6 Å². The van der Waals surface area contributed by atoms with Crippen LogP contribution in [0.15, 0.2) is 22.6 Å². The summed E-state index contributed by atoms with van der Waals surface area (Å²) in [5.74, 6) is 0.602. The molecule has 3 rings (SSSR count). The van der Waals surface area contributed by atoms with E-state index in [1.54, 1.807) is 7.11 Å². The number of anilines is 1. The lowest BCUT2D eigenvalue weighted by molar-refractivity contribution is -0.0413. The van der Waals surface area contributed by atoms with Gasteiger partial charge in [0.05, 0.1) is 12.2 Å². The number of benzene rings is 1. The maximum atomic E-state index is 5.89. The standard InChI is InChI=1S/C15H20N2O3/c1-18-11-3-2-4-12(8-11)19-9-15-17-13-7-10(16)5-6-14(13)20-15/h5-7,11-12H,2-4,8-9,16H2,1H3. The first kappa shape index (κ1) is 13.4. The summed E-state index contributed by atoms with van der Waals surface area (Å²) in [7, 11) is 1.76. The van der Waals surface area contributed by atoms with Gasteiger partial charge >= 0.3 is 0 Å². The molecule has 0 aliphatic heterocycles. The molecular formula is C15H20N2O3. The molecule has 2 unspecified atom stereocenters. The van der Waals surface area contributed by atoms with E-state index >= 15 is 0 Å². The molecule has 0 radical (unpaired) electrons. The molecule has 2 N–H and O–H groups in total. The molecule has 5 nitrogen and oxygen atoms in total. The molecule has 2 aromatic rings. The summed E-state index contributed by atoms with van der Waals surface area (Å²) < 4.78 is 16.9. The Bertz CT molecular complexity index is 582. The van der Waals surface area contributed by atoms with Crippen LogP contribution in [-0.4, -0.2) is 24.3 Å². The number of ether oxygens (including phenoxy) is 2. The van der Waals surface area contributed by atoms with Gasteiger partial charge in [-0.25, -0.2) is 4.98 Å². The quantitative estimate of drug-likeness (QED) is 0.869. The molecule has 1 aliphatic carbocycles. The van der Waals surface area contributed by atoms with E-state index in [9.17, 15) is 0 Å². The summed E-state index contributed by atoms with van der Waals surface area (Å²) >= 11 is 0. The molecule has 1 aromatic heterocycles. The number of nitrogens with zero attached hydrogens (tertiary/aromatic N) is 1. The Morgan fingerprint density at radius 1 is 1.35 bits per heavy atom. The Kier molecular flexibility index (Phi) is 3.89. The summed E-state index contributed by atoms with van der Waals surface area (Å²) in [5, 5.41) is 0. The van der Waals surface area contributed by atoms with Crippen molar-refractivity contribution in [2.75, 3.05) is 12.8 Å². The third kappa shape index (κ3) is 2.94. The highest BCUT2D eigenvalue weighted by molar-refractivity contribution is 5.76. The minimum absolute atomic E-state index is 0.230. The van der Waals surface area contributed by atoms with Gasteiger partial charge in [0.2, 0.25) is 5.89 Å². The molecule has 5 heteroatoms. The van der Waals surface area contributed by atoms with E-state index in [-0.39, 0.29) is 6.10 Å². The number of oxazole rings is 1. The van der Waals surface area contributed by atoms with Crippen LogP contribution in [0.1, 0.15) is 31.6 Å². The number of rotatable bonds is 4. The average Bonchev–Trinajstić information content (AvgIpc) is 2.87. The molecule has 0 spiro atoms. The van der Waals surface area contributed by atoms with Crippen molar-refractivity contribution in [1.29, 1.82) is 0 Å². The lowest BCUT2D eigenvalue weighted by Crippen LogP contribution is -2.27. The highest BCUT2D eigenvalue weighted by atomic mass is 16.5. The number of nitrogens with two attached hydrogens (primary N) is 1. The van der Waals surface area contributed by atoms with Crippen molar-refractivity contribution in [1.82, 2.24) is 4.98 Å². The van der Waals surface area contributed by atoms with Gasteiger partial charge in [-0.2, -0.15) is 0 Å². The molecule has 1 aliphatic rings. The fourth-order valence-electron chi connectivity index (χ4n) is 2.71. The highest BCUT2D eigenvalue weighted by Crippen LogP contribution is 2.25. The van der Waals surface area contributed by atoms with E-state index in [2.05, 4.69) is 4.98 Å². The van der Waals surface area contributed by atoms with Crippen LogP contribution in [0.3, 0.4) is 0 Å². The average molecular weight is 276 g/mol. The number of aromatic nitrogens is 1. The van der Waals surface area contributed by atoms with Crippen LogP contribution in [0, 0.1) is 0 Å². The smallest absolute Gasteiger partial charge is 0.221 e. The zero-order valence-corrected chi connectivity index (χ0v) is 11.7. The van der Waals surface area contributed by atoms with Gasteiger partial charge in [-0.15, -0.1) is 0 Å². The largest absolute Gasteiger partial charge is 0.438 e. The number of fused-ring (bicyclic) bond motifs is 1. The van der Waals surface area contributed by atoms with E-state index in [1.807, 2.05) is 18.2 Å². The Morgan fingerprint density at radius 2 is 2.20 bits per heavy atom. The lowest BCUT2D eigenvalue weighted by atomic mass is 9.95. The third-order valence-corrected chi connectivity index (χ3v) is 3.81. The van der Waals surface area contributed by atoms with Crippen LogP contribution >= 0.6 is 0 Å². The molecule has 1 aromatic carbocycles. The Labute approximate surface area is 118 Å². The SMILES string of the molecule is COC1CCCC(OCc2nc3cc(N)ccc3o2)C1. The van der Waals surface area contributed by atoms with E-state index in [0.29, 0.717) is 24.3 Å². The summed E-state index contributed by atoms with van der Waals surface area (Å²) in [6.07, 6.45) is 4.84. The topological polar surface area (TPSA) is 70.5 Å². The minimum atomic E-state index is 0.230. The molecule has 20 heavy (non-hydrogen) atoms. The van der Waals surface area contributed by atoms with Gasteiger partial charge in [-0.05, 0) is 43.9 Å². The monoisotopic (exact) mass is 276 g/mol. The predicted octanol–water partition coefficient (Wildman–Crippen LogP) is 2.88. The van der Waals surface area contributed by atoms with Crippen LogP contribution in [0.2, 0.25) is 0 Å². The fourth-order valence-corrected chi connectivity index (χ4v) is 2.71. The van der Waals surface area contributed by atoms with E-state index in [0.717, 1.165) is 36.8 Å². The second kappa shape index (κ2) is 5.81.